The summed E-state index contributed by atoms with van der Waals surface area (Å²) in [4.78, 5) is 26.3. The molecule has 0 spiro atoms. The molecule has 3 heterocycles. The molecule has 2 aromatic rings. The van der Waals surface area contributed by atoms with Crippen LogP contribution in [0.5, 0.6) is 0 Å². The molecule has 0 saturated carbocycles. The molecule has 1 amide bonds. The van der Waals surface area contributed by atoms with Crippen molar-refractivity contribution in [3.63, 3.8) is 0 Å². The van der Waals surface area contributed by atoms with Gasteiger partial charge in [-0.15, -0.1) is 0 Å². The molecule has 0 bridgehead atoms. The third kappa shape index (κ3) is 2.21. The molecule has 6 nitrogen and oxygen atoms in total. The second-order valence-electron chi connectivity index (χ2n) is 6.04. The fourth-order valence-electron chi connectivity index (χ4n) is 3.34. The van der Waals surface area contributed by atoms with Gasteiger partial charge in [-0.3, -0.25) is 9.59 Å². The van der Waals surface area contributed by atoms with E-state index in [0.717, 1.165) is 5.56 Å². The lowest BCUT2D eigenvalue weighted by Gasteiger charge is -2.17. The van der Waals surface area contributed by atoms with Crippen LogP contribution in [-0.4, -0.2) is 41.6 Å². The van der Waals surface area contributed by atoms with Gasteiger partial charge < -0.3 is 14.2 Å². The van der Waals surface area contributed by atoms with Gasteiger partial charge in [-0.05, 0) is 6.92 Å². The fourth-order valence-corrected chi connectivity index (χ4v) is 3.34. The van der Waals surface area contributed by atoms with Crippen molar-refractivity contribution in [2.75, 3.05) is 19.7 Å². The molecule has 0 unspecified atom stereocenters. The van der Waals surface area contributed by atoms with Gasteiger partial charge >= 0.3 is 5.97 Å². The van der Waals surface area contributed by atoms with Crippen molar-refractivity contribution in [1.29, 1.82) is 0 Å². The quantitative estimate of drug-likeness (QED) is 0.792. The zero-order chi connectivity index (χ0) is 16.0. The maximum atomic E-state index is 12.9. The Morgan fingerprint density at radius 2 is 2.04 bits per heavy atom. The summed E-state index contributed by atoms with van der Waals surface area (Å²) in [5, 5.41) is 4.05. The second-order valence-corrected chi connectivity index (χ2v) is 6.04. The van der Waals surface area contributed by atoms with Crippen LogP contribution in [0.1, 0.15) is 16.1 Å². The average molecular weight is 312 g/mol. The van der Waals surface area contributed by atoms with Gasteiger partial charge in [0.05, 0.1) is 12.5 Å². The summed E-state index contributed by atoms with van der Waals surface area (Å²) < 4.78 is 10.3. The van der Waals surface area contributed by atoms with E-state index < -0.39 is 0 Å². The van der Waals surface area contributed by atoms with Crippen molar-refractivity contribution in [1.82, 2.24) is 10.1 Å². The van der Waals surface area contributed by atoms with Crippen molar-refractivity contribution >= 4 is 11.9 Å². The number of benzene rings is 1. The van der Waals surface area contributed by atoms with E-state index in [-0.39, 0.29) is 23.7 Å². The first-order valence-corrected chi connectivity index (χ1v) is 7.62. The highest BCUT2D eigenvalue weighted by molar-refractivity contribution is 6.01. The number of ether oxygens (including phenoxy) is 1. The van der Waals surface area contributed by atoms with Gasteiger partial charge in [0.2, 0.25) is 0 Å². The summed E-state index contributed by atoms with van der Waals surface area (Å²) in [5.41, 5.74) is 1.86. The molecule has 1 aromatic heterocycles. The van der Waals surface area contributed by atoms with E-state index >= 15 is 0 Å². The number of rotatable bonds is 2. The van der Waals surface area contributed by atoms with Crippen LogP contribution in [0.4, 0.5) is 0 Å². The molecular weight excluding hydrogens is 296 g/mol. The van der Waals surface area contributed by atoms with Gasteiger partial charge in [0.15, 0.2) is 0 Å². The predicted molar refractivity (Wildman–Crippen MR) is 80.5 cm³/mol. The van der Waals surface area contributed by atoms with Crippen molar-refractivity contribution in [3.8, 4) is 11.3 Å². The number of fused-ring (bicyclic) bond motifs is 1. The fraction of sp³-hybridized carbons (Fsp3) is 0.353. The number of aromatic nitrogens is 1. The lowest BCUT2D eigenvalue weighted by atomic mass is 10.0. The topological polar surface area (TPSA) is 72.6 Å². The van der Waals surface area contributed by atoms with E-state index in [1.807, 2.05) is 30.3 Å². The highest BCUT2D eigenvalue weighted by atomic mass is 16.5. The number of cyclic esters (lactones) is 1. The van der Waals surface area contributed by atoms with E-state index in [2.05, 4.69) is 5.16 Å². The smallest absolute Gasteiger partial charge is 0.311 e. The largest absolute Gasteiger partial charge is 0.465 e. The summed E-state index contributed by atoms with van der Waals surface area (Å²) in [6.07, 6.45) is 0. The van der Waals surface area contributed by atoms with Gasteiger partial charge in [0.25, 0.3) is 5.91 Å². The molecule has 23 heavy (non-hydrogen) atoms. The monoisotopic (exact) mass is 312 g/mol. The molecule has 2 aliphatic rings. The first kappa shape index (κ1) is 14.0. The number of esters is 1. The zero-order valence-electron chi connectivity index (χ0n) is 12.7. The zero-order valence-corrected chi connectivity index (χ0v) is 12.7. The maximum Gasteiger partial charge on any atom is 0.311 e. The van der Waals surface area contributed by atoms with E-state index in [4.69, 9.17) is 9.26 Å². The second kappa shape index (κ2) is 5.22. The summed E-state index contributed by atoms with van der Waals surface area (Å²) in [7, 11) is 0. The first-order chi connectivity index (χ1) is 11.1. The minimum Gasteiger partial charge on any atom is -0.465 e. The number of hydrogen-bond donors (Lipinski definition) is 0. The molecule has 2 atom stereocenters. The SMILES string of the molecule is Cc1onc(-c2ccccc2)c1C(=O)N1C[C@@H]2COC(=O)[C@@H]2C1. The van der Waals surface area contributed by atoms with E-state index in [1.54, 1.807) is 11.8 Å². The van der Waals surface area contributed by atoms with Crippen molar-refractivity contribution in [2.45, 2.75) is 6.92 Å². The van der Waals surface area contributed by atoms with Gasteiger partial charge in [-0.25, -0.2) is 0 Å². The lowest BCUT2D eigenvalue weighted by Crippen LogP contribution is -2.31. The molecule has 2 aliphatic heterocycles. The number of aryl methyl sites for hydroxylation is 1. The molecule has 6 heteroatoms. The Balaban J connectivity index is 1.65. The number of nitrogens with zero attached hydrogens (tertiary/aromatic N) is 2. The number of carbonyl (C=O) groups excluding carboxylic acids is 2. The molecular formula is C17H16N2O4. The maximum absolute atomic E-state index is 12.9. The molecule has 4 rings (SSSR count). The number of carbonyl (C=O) groups is 2. The summed E-state index contributed by atoms with van der Waals surface area (Å²) in [6.45, 7) is 3.08. The Kier molecular flexibility index (Phi) is 3.18. The van der Waals surface area contributed by atoms with E-state index in [1.165, 1.54) is 0 Å². The minimum absolute atomic E-state index is 0.104. The summed E-state index contributed by atoms with van der Waals surface area (Å²) >= 11 is 0. The molecule has 0 radical (unpaired) electrons. The standard InChI is InChI=1S/C17H16N2O4/c1-10-14(15(18-23-10)11-5-3-2-4-6-11)16(20)19-7-12-9-22-17(21)13(12)8-19/h2-6,12-13H,7-9H2,1H3/t12-,13-/m1/s1. The number of hydrogen-bond acceptors (Lipinski definition) is 5. The molecule has 0 aliphatic carbocycles. The third-order valence-corrected chi connectivity index (χ3v) is 4.59. The molecule has 2 saturated heterocycles. The van der Waals surface area contributed by atoms with Crippen molar-refractivity contribution in [3.05, 3.63) is 41.7 Å². The third-order valence-electron chi connectivity index (χ3n) is 4.59. The number of amides is 1. The van der Waals surface area contributed by atoms with Crippen LogP contribution < -0.4 is 0 Å². The van der Waals surface area contributed by atoms with Crippen molar-refractivity contribution in [2.24, 2.45) is 11.8 Å². The first-order valence-electron chi connectivity index (χ1n) is 7.62. The van der Waals surface area contributed by atoms with Gasteiger partial charge in [-0.2, -0.15) is 0 Å². The highest BCUT2D eigenvalue weighted by Gasteiger charge is 2.46. The Hall–Kier alpha value is -2.63. The van der Waals surface area contributed by atoms with Gasteiger partial charge in [0.1, 0.15) is 17.0 Å². The Bertz CT molecular complexity index is 768. The van der Waals surface area contributed by atoms with Crippen LogP contribution in [0.15, 0.2) is 34.9 Å². The number of likely N-dealkylation sites (tertiary alicyclic amines) is 1. The Morgan fingerprint density at radius 1 is 1.26 bits per heavy atom. The summed E-state index contributed by atoms with van der Waals surface area (Å²) in [5.74, 6) is 0.0694. The van der Waals surface area contributed by atoms with Crippen LogP contribution in [0.3, 0.4) is 0 Å². The average Bonchev–Trinajstić information content (AvgIpc) is 3.24. The van der Waals surface area contributed by atoms with Crippen molar-refractivity contribution < 1.29 is 18.8 Å². The lowest BCUT2D eigenvalue weighted by molar-refractivity contribution is -0.141. The van der Waals surface area contributed by atoms with Gasteiger partial charge in [0, 0.05) is 24.6 Å². The normalized spacial score (nSPS) is 23.0. The predicted octanol–water partition coefficient (Wildman–Crippen LogP) is 1.90. The molecule has 2 fully saturated rings. The Labute approximate surface area is 133 Å². The minimum atomic E-state index is -0.198. The molecule has 1 aromatic carbocycles. The van der Waals surface area contributed by atoms with Crippen LogP contribution in [-0.2, 0) is 9.53 Å². The van der Waals surface area contributed by atoms with Crippen LogP contribution in [0.25, 0.3) is 11.3 Å². The van der Waals surface area contributed by atoms with Crippen LogP contribution in [0.2, 0.25) is 0 Å². The summed E-state index contributed by atoms with van der Waals surface area (Å²) in [6, 6.07) is 9.48. The van der Waals surface area contributed by atoms with Gasteiger partial charge in [-0.1, -0.05) is 35.5 Å². The molecule has 0 N–H and O–H groups in total. The van der Waals surface area contributed by atoms with E-state index in [9.17, 15) is 9.59 Å². The Morgan fingerprint density at radius 3 is 2.78 bits per heavy atom. The molecule has 118 valence electrons. The highest BCUT2D eigenvalue weighted by Crippen LogP contribution is 2.33. The van der Waals surface area contributed by atoms with Crippen LogP contribution in [0, 0.1) is 18.8 Å². The van der Waals surface area contributed by atoms with Crippen LogP contribution >= 0.6 is 0 Å². The van der Waals surface area contributed by atoms with E-state index in [0.29, 0.717) is 36.7 Å².